The molecule has 1 unspecified atom stereocenters. The first-order valence-electron chi connectivity index (χ1n) is 8.79. The van der Waals surface area contributed by atoms with Crippen molar-refractivity contribution in [2.75, 3.05) is 11.9 Å². The molecular weight excluding hydrogens is 330 g/mol. The van der Waals surface area contributed by atoms with Crippen LogP contribution in [0.5, 0.6) is 0 Å². The van der Waals surface area contributed by atoms with Crippen LogP contribution in [-0.4, -0.2) is 42.4 Å². The number of piperidine rings is 1. The molecule has 1 fully saturated rings. The predicted molar refractivity (Wildman–Crippen MR) is 96.5 cm³/mol. The van der Waals surface area contributed by atoms with Crippen molar-refractivity contribution >= 4 is 11.8 Å². The molecule has 1 aliphatic rings. The van der Waals surface area contributed by atoms with Gasteiger partial charge in [-0.05, 0) is 31.4 Å². The van der Waals surface area contributed by atoms with E-state index in [4.69, 9.17) is 0 Å². The molecule has 26 heavy (non-hydrogen) atoms. The highest BCUT2D eigenvalue weighted by atomic mass is 16.2. The van der Waals surface area contributed by atoms with Gasteiger partial charge in [0.15, 0.2) is 0 Å². The molecule has 0 aromatic carbocycles. The molecule has 0 bridgehead atoms. The van der Waals surface area contributed by atoms with Crippen molar-refractivity contribution in [2.24, 2.45) is 0 Å². The molecule has 0 saturated carbocycles. The molecule has 8 heteroatoms. The Kier molecular flexibility index (Phi) is 4.63. The standard InChI is InChI=1S/C18H21N7O/c26-18(24-10-4-2-6-16(24)14-11-20-21-12-14)23-17-7-9-22-25(17)13-15-5-1-3-8-19-15/h1,3,5,7-9,11-12,16H,2,4,6,10,13H2,(H,20,21)(H,23,26). The number of aromatic amines is 1. The van der Waals surface area contributed by atoms with Crippen molar-refractivity contribution in [3.05, 3.63) is 60.3 Å². The Hall–Kier alpha value is -3.16. The lowest BCUT2D eigenvalue weighted by molar-refractivity contribution is 0.163. The highest BCUT2D eigenvalue weighted by Crippen LogP contribution is 2.30. The van der Waals surface area contributed by atoms with Gasteiger partial charge in [0.25, 0.3) is 0 Å². The molecule has 4 rings (SSSR count). The Morgan fingerprint density at radius 3 is 3.04 bits per heavy atom. The lowest BCUT2D eigenvalue weighted by Crippen LogP contribution is -2.41. The second kappa shape index (κ2) is 7.38. The van der Waals surface area contributed by atoms with E-state index in [1.54, 1.807) is 29.3 Å². The summed E-state index contributed by atoms with van der Waals surface area (Å²) < 4.78 is 1.75. The average Bonchev–Trinajstić information content (AvgIpc) is 3.35. The zero-order valence-electron chi connectivity index (χ0n) is 14.4. The third-order valence-electron chi connectivity index (χ3n) is 4.66. The maximum Gasteiger partial charge on any atom is 0.323 e. The number of likely N-dealkylation sites (tertiary alicyclic amines) is 1. The lowest BCUT2D eigenvalue weighted by atomic mass is 9.98. The van der Waals surface area contributed by atoms with E-state index < -0.39 is 0 Å². The Morgan fingerprint density at radius 1 is 1.27 bits per heavy atom. The fraction of sp³-hybridized carbons (Fsp3) is 0.333. The number of amides is 2. The largest absolute Gasteiger partial charge is 0.323 e. The topological polar surface area (TPSA) is 91.7 Å². The van der Waals surface area contributed by atoms with Gasteiger partial charge in [-0.3, -0.25) is 15.4 Å². The fourth-order valence-electron chi connectivity index (χ4n) is 3.36. The van der Waals surface area contributed by atoms with Crippen LogP contribution in [0.4, 0.5) is 10.6 Å². The number of aromatic nitrogens is 5. The van der Waals surface area contributed by atoms with Gasteiger partial charge in [-0.2, -0.15) is 10.2 Å². The zero-order chi connectivity index (χ0) is 17.8. The Bertz CT molecular complexity index is 844. The molecular formula is C18H21N7O. The van der Waals surface area contributed by atoms with Crippen LogP contribution in [0.25, 0.3) is 0 Å². The molecule has 1 saturated heterocycles. The number of H-pyrrole nitrogens is 1. The van der Waals surface area contributed by atoms with E-state index in [1.165, 1.54) is 0 Å². The summed E-state index contributed by atoms with van der Waals surface area (Å²) in [6.45, 7) is 1.24. The molecule has 1 atom stereocenters. The quantitative estimate of drug-likeness (QED) is 0.756. The molecule has 8 nitrogen and oxygen atoms in total. The minimum absolute atomic E-state index is 0.0506. The van der Waals surface area contributed by atoms with Crippen LogP contribution < -0.4 is 5.32 Å². The zero-order valence-corrected chi connectivity index (χ0v) is 14.4. The monoisotopic (exact) mass is 351 g/mol. The number of urea groups is 1. The van der Waals surface area contributed by atoms with E-state index >= 15 is 0 Å². The van der Waals surface area contributed by atoms with E-state index in [-0.39, 0.29) is 12.1 Å². The van der Waals surface area contributed by atoms with Crippen molar-refractivity contribution in [3.63, 3.8) is 0 Å². The van der Waals surface area contributed by atoms with E-state index in [0.29, 0.717) is 12.4 Å². The van der Waals surface area contributed by atoms with Gasteiger partial charge in [0.2, 0.25) is 0 Å². The van der Waals surface area contributed by atoms with Crippen LogP contribution in [-0.2, 0) is 6.54 Å². The fourth-order valence-corrected chi connectivity index (χ4v) is 3.36. The van der Waals surface area contributed by atoms with Gasteiger partial charge in [-0.1, -0.05) is 6.07 Å². The SMILES string of the molecule is O=C(Nc1ccnn1Cc1ccccn1)N1CCCCC1c1cn[nH]c1. The van der Waals surface area contributed by atoms with Crippen molar-refractivity contribution in [2.45, 2.75) is 31.8 Å². The maximum atomic E-state index is 12.9. The second-order valence-corrected chi connectivity index (χ2v) is 6.36. The third-order valence-corrected chi connectivity index (χ3v) is 4.66. The van der Waals surface area contributed by atoms with Gasteiger partial charge >= 0.3 is 6.03 Å². The first-order valence-corrected chi connectivity index (χ1v) is 8.79. The van der Waals surface area contributed by atoms with E-state index in [9.17, 15) is 4.79 Å². The number of rotatable bonds is 4. The van der Waals surface area contributed by atoms with Crippen LogP contribution in [0.2, 0.25) is 0 Å². The molecule has 2 N–H and O–H groups in total. The van der Waals surface area contributed by atoms with Crippen LogP contribution in [0.1, 0.15) is 36.6 Å². The van der Waals surface area contributed by atoms with Gasteiger partial charge in [-0.25, -0.2) is 9.48 Å². The van der Waals surface area contributed by atoms with E-state index in [2.05, 4.69) is 25.6 Å². The average molecular weight is 351 g/mol. The van der Waals surface area contributed by atoms with Crippen molar-refractivity contribution in [1.82, 2.24) is 29.9 Å². The number of anilines is 1. The van der Waals surface area contributed by atoms with Gasteiger partial charge in [0.1, 0.15) is 5.82 Å². The molecule has 4 heterocycles. The summed E-state index contributed by atoms with van der Waals surface area (Å²) >= 11 is 0. The van der Waals surface area contributed by atoms with Gasteiger partial charge in [0.05, 0.1) is 30.7 Å². The minimum Gasteiger partial charge on any atom is -0.317 e. The number of pyridine rings is 1. The molecule has 3 aromatic rings. The Balaban J connectivity index is 1.48. The van der Waals surface area contributed by atoms with E-state index in [0.717, 1.165) is 37.1 Å². The van der Waals surface area contributed by atoms with Crippen molar-refractivity contribution < 1.29 is 4.79 Å². The smallest absolute Gasteiger partial charge is 0.317 e. The van der Waals surface area contributed by atoms with Crippen LogP contribution in [0, 0.1) is 0 Å². The maximum absolute atomic E-state index is 12.9. The first kappa shape index (κ1) is 16.3. The molecule has 0 spiro atoms. The lowest BCUT2D eigenvalue weighted by Gasteiger charge is -2.35. The van der Waals surface area contributed by atoms with Crippen molar-refractivity contribution in [3.8, 4) is 0 Å². The highest BCUT2D eigenvalue weighted by Gasteiger charge is 2.29. The minimum atomic E-state index is -0.112. The summed E-state index contributed by atoms with van der Waals surface area (Å²) in [6, 6.07) is 7.49. The number of carbonyl (C=O) groups is 1. The molecule has 0 radical (unpaired) electrons. The van der Waals surface area contributed by atoms with Gasteiger partial charge < -0.3 is 4.90 Å². The number of hydrogen-bond donors (Lipinski definition) is 2. The molecule has 0 aliphatic carbocycles. The van der Waals surface area contributed by atoms with Crippen LogP contribution in [0.15, 0.2) is 49.1 Å². The van der Waals surface area contributed by atoms with Gasteiger partial charge in [-0.15, -0.1) is 0 Å². The molecule has 2 amide bonds. The molecule has 3 aromatic heterocycles. The van der Waals surface area contributed by atoms with Crippen LogP contribution >= 0.6 is 0 Å². The van der Waals surface area contributed by atoms with Crippen molar-refractivity contribution in [1.29, 1.82) is 0 Å². The summed E-state index contributed by atoms with van der Waals surface area (Å²) in [5.74, 6) is 0.664. The first-order chi connectivity index (χ1) is 12.8. The molecule has 134 valence electrons. The van der Waals surface area contributed by atoms with E-state index in [1.807, 2.05) is 29.3 Å². The highest BCUT2D eigenvalue weighted by molar-refractivity contribution is 5.88. The summed E-state index contributed by atoms with van der Waals surface area (Å²) in [5.41, 5.74) is 1.93. The predicted octanol–water partition coefficient (Wildman–Crippen LogP) is 2.81. The number of nitrogens with zero attached hydrogens (tertiary/aromatic N) is 5. The summed E-state index contributed by atoms with van der Waals surface area (Å²) in [7, 11) is 0. The Morgan fingerprint density at radius 2 is 2.23 bits per heavy atom. The third kappa shape index (κ3) is 3.44. The summed E-state index contributed by atoms with van der Waals surface area (Å²) in [5, 5.41) is 14.2. The van der Waals surface area contributed by atoms with Gasteiger partial charge in [0, 0.05) is 30.6 Å². The number of carbonyl (C=O) groups excluding carboxylic acids is 1. The normalized spacial score (nSPS) is 17.2. The number of hydrogen-bond acceptors (Lipinski definition) is 4. The summed E-state index contributed by atoms with van der Waals surface area (Å²) in [6.07, 6.45) is 10.2. The molecule has 1 aliphatic heterocycles. The number of nitrogens with one attached hydrogen (secondary N) is 2. The summed E-state index contributed by atoms with van der Waals surface area (Å²) in [4.78, 5) is 19.1. The Labute approximate surface area is 151 Å². The second-order valence-electron chi connectivity index (χ2n) is 6.36. The van der Waals surface area contributed by atoms with Crippen LogP contribution in [0.3, 0.4) is 0 Å².